The summed E-state index contributed by atoms with van der Waals surface area (Å²) in [6.45, 7) is 1.65. The minimum atomic E-state index is -4.41. The number of hydrogen-bond donors (Lipinski definition) is 1. The predicted octanol–water partition coefficient (Wildman–Crippen LogP) is 4.81. The number of amides is 1. The number of halogens is 3. The molecular weight excluding hydrogens is 337 g/mol. The van der Waals surface area contributed by atoms with Crippen LogP contribution < -0.4 is 5.32 Å². The van der Waals surface area contributed by atoms with Crippen LogP contribution in [0.3, 0.4) is 0 Å². The summed E-state index contributed by atoms with van der Waals surface area (Å²) in [5.41, 5.74) is 2.62. The van der Waals surface area contributed by atoms with Gasteiger partial charge in [0, 0.05) is 5.56 Å². The molecule has 124 valence electrons. The van der Waals surface area contributed by atoms with Crippen molar-refractivity contribution in [2.45, 2.75) is 19.1 Å². The van der Waals surface area contributed by atoms with Gasteiger partial charge < -0.3 is 5.32 Å². The third kappa shape index (κ3) is 3.41. The van der Waals surface area contributed by atoms with Gasteiger partial charge in [0.25, 0.3) is 5.91 Å². The van der Waals surface area contributed by atoms with Crippen molar-refractivity contribution >= 4 is 27.5 Å². The SMILES string of the molecule is CC(NC(=O)c1ccc2ncsc2c1)c1cccc(C(F)(F)F)c1. The molecule has 3 nitrogen and oxygen atoms in total. The smallest absolute Gasteiger partial charge is 0.346 e. The van der Waals surface area contributed by atoms with Crippen molar-refractivity contribution in [1.82, 2.24) is 10.3 Å². The van der Waals surface area contributed by atoms with E-state index in [4.69, 9.17) is 0 Å². The summed E-state index contributed by atoms with van der Waals surface area (Å²) >= 11 is 1.42. The molecule has 0 aliphatic carbocycles. The Kier molecular flexibility index (Phi) is 4.28. The Bertz CT molecular complexity index is 889. The van der Waals surface area contributed by atoms with Gasteiger partial charge in [0.2, 0.25) is 0 Å². The number of hydrogen-bond acceptors (Lipinski definition) is 3. The van der Waals surface area contributed by atoms with Crippen LogP contribution in [-0.2, 0) is 6.18 Å². The minimum Gasteiger partial charge on any atom is -0.346 e. The second-order valence-electron chi connectivity index (χ2n) is 5.35. The number of thiazole rings is 1. The topological polar surface area (TPSA) is 42.0 Å². The number of nitrogens with one attached hydrogen (secondary N) is 1. The number of rotatable bonds is 3. The van der Waals surface area contributed by atoms with Crippen molar-refractivity contribution < 1.29 is 18.0 Å². The second kappa shape index (κ2) is 6.24. The number of benzene rings is 2. The van der Waals surface area contributed by atoms with E-state index >= 15 is 0 Å². The molecule has 0 saturated carbocycles. The Morgan fingerprint density at radius 1 is 1.21 bits per heavy atom. The van der Waals surface area contributed by atoms with Gasteiger partial charge in [-0.15, -0.1) is 11.3 Å². The van der Waals surface area contributed by atoms with Crippen LogP contribution >= 0.6 is 11.3 Å². The van der Waals surface area contributed by atoms with Crippen LogP contribution in [0.5, 0.6) is 0 Å². The van der Waals surface area contributed by atoms with E-state index < -0.39 is 17.8 Å². The molecule has 0 aliphatic rings. The third-order valence-corrected chi connectivity index (χ3v) is 4.45. The van der Waals surface area contributed by atoms with E-state index in [2.05, 4.69) is 10.3 Å². The van der Waals surface area contributed by atoms with Gasteiger partial charge in [-0.25, -0.2) is 4.98 Å². The van der Waals surface area contributed by atoms with Crippen molar-refractivity contribution in [3.8, 4) is 0 Å². The van der Waals surface area contributed by atoms with E-state index in [9.17, 15) is 18.0 Å². The zero-order valence-corrected chi connectivity index (χ0v) is 13.4. The van der Waals surface area contributed by atoms with E-state index in [1.54, 1.807) is 36.7 Å². The van der Waals surface area contributed by atoms with Gasteiger partial charge in [-0.3, -0.25) is 4.79 Å². The van der Waals surface area contributed by atoms with E-state index in [1.165, 1.54) is 17.4 Å². The van der Waals surface area contributed by atoms with Crippen molar-refractivity contribution in [1.29, 1.82) is 0 Å². The van der Waals surface area contributed by atoms with Crippen LogP contribution in [0.2, 0.25) is 0 Å². The molecule has 1 aromatic heterocycles. The van der Waals surface area contributed by atoms with Crippen LogP contribution in [0.25, 0.3) is 10.2 Å². The Morgan fingerprint density at radius 3 is 2.75 bits per heavy atom. The quantitative estimate of drug-likeness (QED) is 0.737. The van der Waals surface area contributed by atoms with Crippen LogP contribution in [0.4, 0.5) is 13.2 Å². The largest absolute Gasteiger partial charge is 0.416 e. The fraction of sp³-hybridized carbons (Fsp3) is 0.176. The molecular formula is C17H13F3N2OS. The maximum Gasteiger partial charge on any atom is 0.416 e. The fourth-order valence-electron chi connectivity index (χ4n) is 2.34. The van der Waals surface area contributed by atoms with E-state index in [0.29, 0.717) is 11.1 Å². The maximum atomic E-state index is 12.8. The van der Waals surface area contributed by atoms with Crippen molar-refractivity contribution in [2.75, 3.05) is 0 Å². The first-order valence-electron chi connectivity index (χ1n) is 7.16. The van der Waals surface area contributed by atoms with Crippen molar-refractivity contribution in [3.05, 3.63) is 64.7 Å². The molecule has 0 bridgehead atoms. The molecule has 1 heterocycles. The molecule has 0 saturated heterocycles. The van der Waals surface area contributed by atoms with Gasteiger partial charge in [0.15, 0.2) is 0 Å². The molecule has 24 heavy (non-hydrogen) atoms. The first-order chi connectivity index (χ1) is 11.3. The summed E-state index contributed by atoms with van der Waals surface area (Å²) in [7, 11) is 0. The predicted molar refractivity (Wildman–Crippen MR) is 86.9 cm³/mol. The Balaban J connectivity index is 1.78. The summed E-state index contributed by atoms with van der Waals surface area (Å²) in [6, 6.07) is 9.54. The molecule has 3 aromatic rings. The van der Waals surface area contributed by atoms with Crippen LogP contribution in [0, 0.1) is 0 Å². The molecule has 0 spiro atoms. The highest BCUT2D eigenvalue weighted by Gasteiger charge is 2.30. The molecule has 0 aliphatic heterocycles. The van der Waals surface area contributed by atoms with Gasteiger partial charge in [0.1, 0.15) is 0 Å². The van der Waals surface area contributed by atoms with E-state index in [0.717, 1.165) is 22.3 Å². The number of aromatic nitrogens is 1. The van der Waals surface area contributed by atoms with Gasteiger partial charge in [-0.1, -0.05) is 12.1 Å². The lowest BCUT2D eigenvalue weighted by Gasteiger charge is -2.16. The van der Waals surface area contributed by atoms with Crippen LogP contribution in [0.15, 0.2) is 48.0 Å². The zero-order valence-electron chi connectivity index (χ0n) is 12.6. The van der Waals surface area contributed by atoms with Crippen molar-refractivity contribution in [3.63, 3.8) is 0 Å². The Hall–Kier alpha value is -2.41. The summed E-state index contributed by atoms with van der Waals surface area (Å²) in [6.07, 6.45) is -4.41. The monoisotopic (exact) mass is 350 g/mol. The van der Waals surface area contributed by atoms with Crippen LogP contribution in [0.1, 0.15) is 34.5 Å². The van der Waals surface area contributed by atoms with Gasteiger partial charge >= 0.3 is 6.18 Å². The Morgan fingerprint density at radius 2 is 2.00 bits per heavy atom. The molecule has 2 aromatic carbocycles. The first kappa shape index (κ1) is 16.4. The molecule has 1 unspecified atom stereocenters. The number of carbonyl (C=O) groups excluding carboxylic acids is 1. The van der Waals surface area contributed by atoms with E-state index in [-0.39, 0.29) is 5.91 Å². The molecule has 1 amide bonds. The molecule has 0 fully saturated rings. The first-order valence-corrected chi connectivity index (χ1v) is 8.04. The summed E-state index contributed by atoms with van der Waals surface area (Å²) in [5, 5.41) is 2.73. The summed E-state index contributed by atoms with van der Waals surface area (Å²) in [5.74, 6) is -0.338. The van der Waals surface area contributed by atoms with Crippen molar-refractivity contribution in [2.24, 2.45) is 0 Å². The molecule has 0 radical (unpaired) electrons. The molecule has 1 N–H and O–H groups in total. The average Bonchev–Trinajstić information content (AvgIpc) is 3.01. The molecule has 3 rings (SSSR count). The highest BCUT2D eigenvalue weighted by atomic mass is 32.1. The van der Waals surface area contributed by atoms with Gasteiger partial charge in [-0.2, -0.15) is 13.2 Å². The number of fused-ring (bicyclic) bond motifs is 1. The highest BCUT2D eigenvalue weighted by Crippen LogP contribution is 2.30. The fourth-order valence-corrected chi connectivity index (χ4v) is 3.06. The van der Waals surface area contributed by atoms with Gasteiger partial charge in [-0.05, 0) is 42.8 Å². The Labute approximate surface area is 140 Å². The second-order valence-corrected chi connectivity index (χ2v) is 6.24. The van der Waals surface area contributed by atoms with Crippen LogP contribution in [-0.4, -0.2) is 10.9 Å². The lowest BCUT2D eigenvalue weighted by Crippen LogP contribution is -2.26. The summed E-state index contributed by atoms with van der Waals surface area (Å²) < 4.78 is 39.2. The maximum absolute atomic E-state index is 12.8. The molecule has 7 heteroatoms. The number of alkyl halides is 3. The zero-order chi connectivity index (χ0) is 17.3. The molecule has 1 atom stereocenters. The van der Waals surface area contributed by atoms with E-state index in [1.807, 2.05) is 0 Å². The normalized spacial score (nSPS) is 13.0. The summed E-state index contributed by atoms with van der Waals surface area (Å²) in [4.78, 5) is 16.5. The number of nitrogens with zero attached hydrogens (tertiary/aromatic N) is 1. The lowest BCUT2D eigenvalue weighted by atomic mass is 10.0. The third-order valence-electron chi connectivity index (χ3n) is 3.66. The van der Waals surface area contributed by atoms with Gasteiger partial charge in [0.05, 0.1) is 27.3 Å². The minimum absolute atomic E-state index is 0.338. The average molecular weight is 350 g/mol. The lowest BCUT2D eigenvalue weighted by molar-refractivity contribution is -0.137. The highest BCUT2D eigenvalue weighted by molar-refractivity contribution is 7.16. The standard InChI is InChI=1S/C17H13F3N2OS/c1-10(11-3-2-4-13(7-11)17(18,19)20)22-16(23)12-5-6-14-15(8-12)24-9-21-14/h2-10H,1H3,(H,22,23). The number of carbonyl (C=O) groups is 1.